The lowest BCUT2D eigenvalue weighted by Gasteiger charge is -2.43. The Morgan fingerprint density at radius 1 is 0.230 bits per heavy atom. The molecule has 18 rings (SSSR count). The summed E-state index contributed by atoms with van der Waals surface area (Å²) in [6.07, 6.45) is 14.4. The number of halogens is 1. The Morgan fingerprint density at radius 3 is 0.807 bits per heavy atom. The molecule has 708 valence electrons. The third-order valence-electron chi connectivity index (χ3n) is 33.6. The van der Waals surface area contributed by atoms with E-state index in [0.717, 1.165) is 22.1 Å². The van der Waals surface area contributed by atoms with E-state index in [2.05, 4.69) is 478 Å². The molecular formula is C130H161ClN4. The van der Waals surface area contributed by atoms with Gasteiger partial charge < -0.3 is 20.0 Å². The summed E-state index contributed by atoms with van der Waals surface area (Å²) >= 11 is 6.64. The number of nitrogens with zero attached hydrogens (tertiary/aromatic N) is 3. The highest BCUT2D eigenvalue weighted by Crippen LogP contribution is 2.58. The highest BCUT2D eigenvalue weighted by molar-refractivity contribution is 6.31. The zero-order valence-corrected chi connectivity index (χ0v) is 89.6. The lowest BCUT2D eigenvalue weighted by atomic mass is 9.63. The van der Waals surface area contributed by atoms with Gasteiger partial charge >= 0.3 is 0 Å². The maximum absolute atomic E-state index is 6.64. The van der Waals surface area contributed by atoms with Crippen molar-refractivity contribution < 1.29 is 0 Å². The Morgan fingerprint density at radius 2 is 0.489 bits per heavy atom. The summed E-state index contributed by atoms with van der Waals surface area (Å²) in [5.41, 5.74) is 42.7. The number of nitrogens with one attached hydrogen (secondary N) is 1. The predicted octanol–water partition coefficient (Wildman–Crippen LogP) is 38.5. The van der Waals surface area contributed by atoms with Gasteiger partial charge in [0.05, 0.1) is 5.69 Å². The van der Waals surface area contributed by atoms with E-state index in [9.17, 15) is 0 Å². The summed E-state index contributed by atoms with van der Waals surface area (Å²) in [7, 11) is 0. The van der Waals surface area contributed by atoms with Crippen molar-refractivity contribution in [3.8, 4) is 22.3 Å². The van der Waals surface area contributed by atoms with Crippen LogP contribution >= 0.6 is 11.6 Å². The second-order valence-corrected chi connectivity index (χ2v) is 52.3. The molecule has 0 radical (unpaired) electrons. The number of aryl methyl sites for hydroxylation is 2. The van der Waals surface area contributed by atoms with Gasteiger partial charge in [0.15, 0.2) is 0 Å². The van der Waals surface area contributed by atoms with Crippen LogP contribution in [0.4, 0.5) is 62.6 Å². The van der Waals surface area contributed by atoms with Gasteiger partial charge in [0.1, 0.15) is 0 Å². The smallest absolute Gasteiger partial charge is 0.0540 e. The van der Waals surface area contributed by atoms with Crippen molar-refractivity contribution in [2.45, 2.75) is 374 Å². The van der Waals surface area contributed by atoms with Crippen LogP contribution in [-0.2, 0) is 75.8 Å². The van der Waals surface area contributed by atoms with Crippen molar-refractivity contribution >= 4 is 74.2 Å². The van der Waals surface area contributed by atoms with E-state index in [1.54, 1.807) is 0 Å². The van der Waals surface area contributed by atoms with Gasteiger partial charge in [-0.25, -0.2) is 0 Å². The van der Waals surface area contributed by atoms with Gasteiger partial charge in [-0.2, -0.15) is 0 Å². The minimum Gasteiger partial charge on any atom is -0.355 e. The summed E-state index contributed by atoms with van der Waals surface area (Å²) in [6, 6.07) is 93.2. The zero-order valence-electron chi connectivity index (χ0n) is 88.8. The predicted molar refractivity (Wildman–Crippen MR) is 588 cm³/mol. The highest BCUT2D eigenvalue weighted by Gasteiger charge is 2.45. The van der Waals surface area contributed by atoms with E-state index in [1.807, 2.05) is 6.07 Å². The maximum atomic E-state index is 6.64. The van der Waals surface area contributed by atoms with E-state index in [-0.39, 0.29) is 75.8 Å². The first-order chi connectivity index (χ1) is 62.8. The molecule has 0 fully saturated rings. The van der Waals surface area contributed by atoms with Crippen LogP contribution in [-0.4, -0.2) is 0 Å². The Balaban J connectivity index is 0.000000163. The standard InChI is InChI=1S/C65H80N2.C35H44ClN.C30H37N/c1-43-36-49(66(46-23-26-52-55(40-46)63(11,12)33-30-60(52,5)6)47-24-27-53-56(41-47)64(13,14)34-31-61(53,7)8)39-50(37-43)67(48-25-28-54-57(42-48)65(15,16)35-32-62(54,9)10)58-29-22-45(59(2,3)4)38-51(58)44-20-18-17-19-21-44;1-23-18-24(36)20-27(19-23)37(25-10-12-28-30(21-25)34(6,7)16-14-32(28,2)3)26-11-13-29-31(22-26)35(8,9)17-15-33(29,4)5;1-28(2,3)22-13-16-27(24(19-22)21-11-9-8-10-12-21)31-23-14-15-25-26(20-23)30(6,7)18-17-29(25,4)5/h17-29,36-42H,30-35H2,1-16H3;10-13,18-22H,14-17H2,1-9H3;8-16,19-20,31H,17-18H2,1-7H3. The van der Waals surface area contributed by atoms with E-state index >= 15 is 0 Å². The van der Waals surface area contributed by atoms with E-state index in [1.165, 1.54) is 234 Å². The van der Waals surface area contributed by atoms with Crippen LogP contribution in [0.2, 0.25) is 5.02 Å². The fraction of sp³-hybridized carbons (Fsp3) is 0.446. The number of hydrogen-bond acceptors (Lipinski definition) is 4. The summed E-state index contributed by atoms with van der Waals surface area (Å²) in [5, 5.41) is 4.54. The number of anilines is 11. The number of benzene rings is 12. The highest BCUT2D eigenvalue weighted by atomic mass is 35.5. The minimum atomic E-state index is -0.0113. The topological polar surface area (TPSA) is 21.8 Å². The Bertz CT molecular complexity index is 6290. The second kappa shape index (κ2) is 34.9. The van der Waals surface area contributed by atoms with E-state index < -0.39 is 0 Å². The Hall–Kier alpha value is -9.87. The number of fused-ring (bicyclic) bond motifs is 6. The molecule has 135 heavy (non-hydrogen) atoms. The van der Waals surface area contributed by atoms with E-state index in [0.29, 0.717) is 0 Å². The molecule has 0 unspecified atom stereocenters. The fourth-order valence-electron chi connectivity index (χ4n) is 23.6. The number of hydrogen-bond donors (Lipinski definition) is 1. The average molecular weight is 1820 g/mol. The fourth-order valence-corrected chi connectivity index (χ4v) is 23.9. The normalized spacial score (nSPS) is 19.2. The lowest BCUT2D eigenvalue weighted by Crippen LogP contribution is -2.34. The average Bonchev–Trinajstić information content (AvgIpc) is 0.742. The quantitative estimate of drug-likeness (QED) is 0.124. The SMILES string of the molecule is CC(C)(C)c1ccc(Nc2ccc3c(c2)C(C)(C)CCC3(C)C)c(-c2ccccc2)c1.Cc1cc(Cl)cc(N(c2ccc3c(c2)C(C)(C)CCC3(C)C)c2ccc3c(c2)C(C)(C)CCC3(C)C)c1.Cc1cc(N(c2ccc3c(c2)C(C)(C)CCC3(C)C)c2ccc3c(c2)C(C)(C)CCC3(C)C)cc(N(c2ccc3c(c2)C(C)(C)CCC3(C)C)c2ccc(C(C)(C)C)cc2-c2ccccc2)c1. The molecule has 6 aliphatic rings. The molecule has 4 nitrogen and oxygen atoms in total. The van der Waals surface area contributed by atoms with Crippen LogP contribution in [0.1, 0.15) is 374 Å². The van der Waals surface area contributed by atoms with Crippen LogP contribution in [0.25, 0.3) is 22.3 Å². The molecule has 0 spiro atoms. The van der Waals surface area contributed by atoms with Gasteiger partial charge in [-0.15, -0.1) is 0 Å². The minimum absolute atomic E-state index is 0.0113. The monoisotopic (exact) mass is 1810 g/mol. The van der Waals surface area contributed by atoms with Crippen molar-refractivity contribution in [3.05, 3.63) is 337 Å². The Labute approximate surface area is 821 Å². The first-order valence-electron chi connectivity index (χ1n) is 51.1. The van der Waals surface area contributed by atoms with Crippen LogP contribution in [0.3, 0.4) is 0 Å². The van der Waals surface area contributed by atoms with Crippen molar-refractivity contribution in [1.29, 1.82) is 0 Å². The third-order valence-corrected chi connectivity index (χ3v) is 33.8. The molecule has 0 atom stereocenters. The summed E-state index contributed by atoms with van der Waals surface area (Å²) in [6.45, 7) is 76.3. The Kier molecular flexibility index (Phi) is 25.4. The molecule has 0 amide bonds. The molecule has 0 saturated carbocycles. The molecule has 1 N–H and O–H groups in total. The molecule has 6 aliphatic carbocycles. The molecule has 0 aliphatic heterocycles. The van der Waals surface area contributed by atoms with Gasteiger partial charge in [-0.1, -0.05) is 329 Å². The van der Waals surface area contributed by atoms with Crippen LogP contribution < -0.4 is 20.0 Å². The lowest BCUT2D eigenvalue weighted by molar-refractivity contribution is 0.332. The van der Waals surface area contributed by atoms with Crippen LogP contribution in [0.5, 0.6) is 0 Å². The molecule has 12 aromatic rings. The van der Waals surface area contributed by atoms with Gasteiger partial charge in [0.2, 0.25) is 0 Å². The summed E-state index contributed by atoms with van der Waals surface area (Å²) < 4.78 is 0. The van der Waals surface area contributed by atoms with Crippen molar-refractivity contribution in [2.24, 2.45) is 0 Å². The molecular weight excluding hydrogens is 1650 g/mol. The van der Waals surface area contributed by atoms with Gasteiger partial charge in [-0.05, 0) is 400 Å². The molecule has 0 aromatic heterocycles. The third kappa shape index (κ3) is 19.5. The molecule has 0 bridgehead atoms. The van der Waals surface area contributed by atoms with Gasteiger partial charge in [0, 0.05) is 73.0 Å². The van der Waals surface area contributed by atoms with Crippen LogP contribution in [0, 0.1) is 13.8 Å². The maximum Gasteiger partial charge on any atom is 0.0540 e. The van der Waals surface area contributed by atoms with Crippen molar-refractivity contribution in [1.82, 2.24) is 0 Å². The van der Waals surface area contributed by atoms with Crippen molar-refractivity contribution in [2.75, 3.05) is 20.0 Å². The van der Waals surface area contributed by atoms with Gasteiger partial charge in [-0.3, -0.25) is 0 Å². The number of rotatable bonds is 13. The second-order valence-electron chi connectivity index (χ2n) is 51.9. The summed E-state index contributed by atoms with van der Waals surface area (Å²) in [5.74, 6) is 0. The zero-order chi connectivity index (χ0) is 97.7. The molecule has 5 heteroatoms. The van der Waals surface area contributed by atoms with Crippen LogP contribution in [0.15, 0.2) is 243 Å². The molecule has 0 heterocycles. The van der Waals surface area contributed by atoms with Crippen molar-refractivity contribution in [3.63, 3.8) is 0 Å². The largest absolute Gasteiger partial charge is 0.355 e. The first kappa shape index (κ1) is 98.2. The van der Waals surface area contributed by atoms with E-state index in [4.69, 9.17) is 11.6 Å². The molecule has 12 aromatic carbocycles. The summed E-state index contributed by atoms with van der Waals surface area (Å²) in [4.78, 5) is 7.59. The molecule has 0 saturated heterocycles. The first-order valence-corrected chi connectivity index (χ1v) is 51.5. The van der Waals surface area contributed by atoms with Gasteiger partial charge in [0.25, 0.3) is 0 Å².